The zero-order chi connectivity index (χ0) is 22.6. The van der Waals surface area contributed by atoms with Crippen molar-refractivity contribution in [3.05, 3.63) is 47.6 Å². The number of sulfonamides is 1. The first-order valence-corrected chi connectivity index (χ1v) is 11.4. The minimum absolute atomic E-state index is 0.0220. The molecule has 0 radical (unpaired) electrons. The Labute approximate surface area is 179 Å². The monoisotopic (exact) mass is 453 g/mol. The van der Waals surface area contributed by atoms with E-state index >= 15 is 0 Å². The van der Waals surface area contributed by atoms with Crippen molar-refractivity contribution in [1.82, 2.24) is 24.3 Å². The largest absolute Gasteiger partial charge is 0.419 e. The van der Waals surface area contributed by atoms with E-state index in [2.05, 4.69) is 15.3 Å². The van der Waals surface area contributed by atoms with E-state index in [0.29, 0.717) is 16.7 Å². The van der Waals surface area contributed by atoms with Crippen LogP contribution < -0.4 is 0 Å². The second-order valence-corrected chi connectivity index (χ2v) is 9.01. The fourth-order valence-corrected chi connectivity index (χ4v) is 5.12. The summed E-state index contributed by atoms with van der Waals surface area (Å²) >= 11 is 0. The maximum atomic E-state index is 13.4. The van der Waals surface area contributed by atoms with Gasteiger partial charge in [-0.3, -0.25) is 0 Å². The molecule has 168 valence electrons. The molecule has 0 bridgehead atoms. The molecular formula is C20H25F2N5O3S. The van der Waals surface area contributed by atoms with E-state index in [1.165, 1.54) is 18.2 Å². The smallest absolute Gasteiger partial charge is 0.333 e. The molecule has 0 aliphatic heterocycles. The third kappa shape index (κ3) is 4.99. The molecule has 0 fully saturated rings. The minimum atomic E-state index is -4.12. The Kier molecular flexibility index (Phi) is 7.16. The van der Waals surface area contributed by atoms with Crippen LogP contribution >= 0.6 is 0 Å². The lowest BCUT2D eigenvalue weighted by molar-refractivity contribution is 0.0538. The third-order valence-corrected chi connectivity index (χ3v) is 6.95. The van der Waals surface area contributed by atoms with Gasteiger partial charge in [-0.2, -0.15) is 18.2 Å². The van der Waals surface area contributed by atoms with Gasteiger partial charge in [0.25, 0.3) is 0 Å². The molecular weight excluding hydrogens is 428 g/mol. The zero-order valence-electron chi connectivity index (χ0n) is 17.6. The quantitative estimate of drug-likeness (QED) is 0.424. The Morgan fingerprint density at radius 3 is 2.45 bits per heavy atom. The van der Waals surface area contributed by atoms with E-state index in [-0.39, 0.29) is 41.2 Å². The summed E-state index contributed by atoms with van der Waals surface area (Å²) in [6, 6.07) is 9.12. The van der Waals surface area contributed by atoms with Crippen molar-refractivity contribution in [3.63, 3.8) is 0 Å². The predicted molar refractivity (Wildman–Crippen MR) is 110 cm³/mol. The van der Waals surface area contributed by atoms with Crippen LogP contribution in [-0.4, -0.2) is 39.2 Å². The molecule has 0 atom stereocenters. The molecule has 0 saturated heterocycles. The predicted octanol–water partition coefficient (Wildman–Crippen LogP) is 4.33. The zero-order valence-corrected chi connectivity index (χ0v) is 18.4. The van der Waals surface area contributed by atoms with Gasteiger partial charge in [-0.05, 0) is 32.4 Å². The molecule has 0 N–H and O–H groups in total. The summed E-state index contributed by atoms with van der Waals surface area (Å²) in [4.78, 5) is -0.216. The van der Waals surface area contributed by atoms with Gasteiger partial charge in [-0.1, -0.05) is 38.0 Å². The van der Waals surface area contributed by atoms with Crippen LogP contribution in [0.1, 0.15) is 50.0 Å². The van der Waals surface area contributed by atoms with Crippen LogP contribution in [0.25, 0.3) is 11.5 Å². The molecule has 3 rings (SSSR count). The van der Waals surface area contributed by atoms with Crippen molar-refractivity contribution >= 4 is 10.0 Å². The van der Waals surface area contributed by atoms with Crippen molar-refractivity contribution in [2.75, 3.05) is 6.54 Å². The molecule has 0 unspecified atom stereocenters. The summed E-state index contributed by atoms with van der Waals surface area (Å²) in [7, 11) is -4.12. The molecule has 1 aromatic carbocycles. The normalized spacial score (nSPS) is 12.2. The Bertz CT molecular complexity index is 1110. The van der Waals surface area contributed by atoms with Gasteiger partial charge < -0.3 is 4.42 Å². The molecule has 0 amide bonds. The van der Waals surface area contributed by atoms with Crippen molar-refractivity contribution in [2.45, 2.75) is 58.0 Å². The molecule has 2 aromatic heterocycles. The number of hydrogen-bond acceptors (Lipinski definition) is 6. The minimum Gasteiger partial charge on any atom is -0.419 e. The molecule has 0 spiro atoms. The van der Waals surface area contributed by atoms with Crippen LogP contribution in [0.15, 0.2) is 39.6 Å². The van der Waals surface area contributed by atoms with Gasteiger partial charge in [-0.25, -0.2) is 13.1 Å². The van der Waals surface area contributed by atoms with Gasteiger partial charge in [0.2, 0.25) is 21.8 Å². The standard InChI is InChI=1S/C20H25F2N5O3S/c1-4-5-9-12-26(13-17-23-24-19(30-17)16-10-7-6-8-11-16)31(28,29)18-14(2)25-27(15(18)3)20(21)22/h6-8,10-11,20H,4-5,9,12-13H2,1-3H3. The number of alkyl halides is 2. The highest BCUT2D eigenvalue weighted by atomic mass is 32.2. The van der Waals surface area contributed by atoms with Gasteiger partial charge in [0.1, 0.15) is 4.90 Å². The van der Waals surface area contributed by atoms with Crippen LogP contribution in [0.3, 0.4) is 0 Å². The lowest BCUT2D eigenvalue weighted by atomic mass is 10.2. The van der Waals surface area contributed by atoms with E-state index < -0.39 is 16.6 Å². The maximum Gasteiger partial charge on any atom is 0.333 e. The van der Waals surface area contributed by atoms with Crippen molar-refractivity contribution in [1.29, 1.82) is 0 Å². The summed E-state index contributed by atoms with van der Waals surface area (Å²) in [6.45, 7) is 1.83. The van der Waals surface area contributed by atoms with E-state index in [9.17, 15) is 17.2 Å². The molecule has 2 heterocycles. The van der Waals surface area contributed by atoms with E-state index in [4.69, 9.17) is 4.42 Å². The first-order chi connectivity index (χ1) is 14.8. The average Bonchev–Trinajstić information content (AvgIpc) is 3.32. The van der Waals surface area contributed by atoms with Crippen LogP contribution in [0.4, 0.5) is 8.78 Å². The number of nitrogens with zero attached hydrogens (tertiary/aromatic N) is 5. The molecule has 11 heteroatoms. The third-order valence-electron chi connectivity index (χ3n) is 4.85. The number of halogens is 2. The van der Waals surface area contributed by atoms with Gasteiger partial charge in [0.05, 0.1) is 17.9 Å². The summed E-state index contributed by atoms with van der Waals surface area (Å²) in [5.41, 5.74) is 0.629. The van der Waals surface area contributed by atoms with E-state index in [1.54, 1.807) is 12.1 Å². The number of rotatable bonds is 10. The molecule has 0 aliphatic rings. The maximum absolute atomic E-state index is 13.4. The highest BCUT2D eigenvalue weighted by Crippen LogP contribution is 2.28. The van der Waals surface area contributed by atoms with Gasteiger partial charge in [0.15, 0.2) is 0 Å². The van der Waals surface area contributed by atoms with E-state index in [1.807, 2.05) is 25.1 Å². The van der Waals surface area contributed by atoms with E-state index in [0.717, 1.165) is 12.8 Å². The lowest BCUT2D eigenvalue weighted by Gasteiger charge is -2.21. The van der Waals surface area contributed by atoms with Crippen LogP contribution in [0, 0.1) is 13.8 Å². The molecule has 31 heavy (non-hydrogen) atoms. The molecule has 8 nitrogen and oxygen atoms in total. The second-order valence-electron chi connectivity index (χ2n) is 7.13. The summed E-state index contributed by atoms with van der Waals surface area (Å²) in [5.74, 6) is 0.398. The van der Waals surface area contributed by atoms with Crippen molar-refractivity contribution in [3.8, 4) is 11.5 Å². The molecule has 0 aliphatic carbocycles. The summed E-state index contributed by atoms with van der Waals surface area (Å²) in [5, 5.41) is 11.7. The first-order valence-electron chi connectivity index (χ1n) is 9.97. The Balaban J connectivity index is 1.93. The van der Waals surface area contributed by atoms with Crippen molar-refractivity contribution in [2.24, 2.45) is 0 Å². The van der Waals surface area contributed by atoms with Crippen LogP contribution in [0.5, 0.6) is 0 Å². The number of aromatic nitrogens is 4. The Morgan fingerprint density at radius 2 is 1.84 bits per heavy atom. The molecule has 3 aromatic rings. The Morgan fingerprint density at radius 1 is 1.13 bits per heavy atom. The highest BCUT2D eigenvalue weighted by molar-refractivity contribution is 7.89. The van der Waals surface area contributed by atoms with Crippen molar-refractivity contribution < 1.29 is 21.6 Å². The van der Waals surface area contributed by atoms with Gasteiger partial charge in [-0.15, -0.1) is 10.2 Å². The fourth-order valence-electron chi connectivity index (χ4n) is 3.33. The fraction of sp³-hybridized carbons (Fsp3) is 0.450. The highest BCUT2D eigenvalue weighted by Gasteiger charge is 2.33. The number of aryl methyl sites for hydroxylation is 1. The topological polar surface area (TPSA) is 94.1 Å². The number of benzene rings is 1. The second kappa shape index (κ2) is 9.65. The number of unbranched alkanes of at least 4 members (excludes halogenated alkanes) is 2. The first kappa shape index (κ1) is 23.0. The summed E-state index contributed by atoms with van der Waals surface area (Å²) < 4.78 is 60.6. The average molecular weight is 454 g/mol. The summed E-state index contributed by atoms with van der Waals surface area (Å²) in [6.07, 6.45) is 2.32. The number of hydrogen-bond donors (Lipinski definition) is 0. The van der Waals surface area contributed by atoms with Crippen LogP contribution in [-0.2, 0) is 16.6 Å². The van der Waals surface area contributed by atoms with Crippen LogP contribution in [0.2, 0.25) is 0 Å². The van der Waals surface area contributed by atoms with Gasteiger partial charge >= 0.3 is 6.55 Å². The lowest BCUT2D eigenvalue weighted by Crippen LogP contribution is -2.32. The Hall–Kier alpha value is -2.66. The molecule has 0 saturated carbocycles. The SMILES string of the molecule is CCCCCN(Cc1nnc(-c2ccccc2)o1)S(=O)(=O)c1c(C)nn(C(F)F)c1C. The van der Waals surface area contributed by atoms with Gasteiger partial charge in [0, 0.05) is 12.1 Å².